The van der Waals surface area contributed by atoms with Crippen LogP contribution in [0.5, 0.6) is 5.75 Å². The lowest BCUT2D eigenvalue weighted by molar-refractivity contribution is 0.361. The predicted molar refractivity (Wildman–Crippen MR) is 105 cm³/mol. The molecule has 0 N–H and O–H groups in total. The van der Waals surface area contributed by atoms with Crippen LogP contribution >= 0.6 is 11.6 Å². The van der Waals surface area contributed by atoms with Crippen LogP contribution < -0.4 is 10.4 Å². The van der Waals surface area contributed by atoms with Crippen molar-refractivity contribution in [3.63, 3.8) is 0 Å². The van der Waals surface area contributed by atoms with Crippen LogP contribution in [0.3, 0.4) is 0 Å². The Hall–Kier alpha value is -2.00. The molecule has 0 spiro atoms. The number of hydrogen-bond donors (Lipinski definition) is 0. The molecule has 0 bridgehead atoms. The summed E-state index contributed by atoms with van der Waals surface area (Å²) in [5, 5.41) is 1.37. The summed E-state index contributed by atoms with van der Waals surface area (Å²) in [5.74, 6) is 0.527. The van der Waals surface area contributed by atoms with Crippen LogP contribution in [0.4, 0.5) is 0 Å². The number of allylic oxidation sites excluding steroid dienone is 3. The van der Waals surface area contributed by atoms with Gasteiger partial charge in [0.1, 0.15) is 17.9 Å². The second kappa shape index (κ2) is 8.91. The lowest BCUT2D eigenvalue weighted by Gasteiger charge is -2.09. The van der Waals surface area contributed by atoms with Crippen molar-refractivity contribution in [2.45, 2.75) is 47.0 Å². The van der Waals surface area contributed by atoms with Gasteiger partial charge in [0.15, 0.2) is 0 Å². The van der Waals surface area contributed by atoms with E-state index in [0.717, 1.165) is 30.2 Å². The van der Waals surface area contributed by atoms with Crippen molar-refractivity contribution in [2.75, 3.05) is 6.61 Å². The van der Waals surface area contributed by atoms with Crippen LogP contribution in [-0.2, 0) is 6.42 Å². The van der Waals surface area contributed by atoms with Gasteiger partial charge >= 0.3 is 5.63 Å². The fourth-order valence-electron chi connectivity index (χ4n) is 2.60. The van der Waals surface area contributed by atoms with Crippen molar-refractivity contribution in [2.24, 2.45) is 0 Å². The minimum Gasteiger partial charge on any atom is -0.488 e. The Bertz CT molecular complexity index is 855. The van der Waals surface area contributed by atoms with Crippen LogP contribution in [0.25, 0.3) is 11.0 Å². The molecular weight excluding hydrogens is 336 g/mol. The number of rotatable bonds is 7. The molecule has 2 rings (SSSR count). The molecule has 0 aliphatic heterocycles. The van der Waals surface area contributed by atoms with Crippen LogP contribution in [0.1, 0.15) is 46.1 Å². The molecule has 0 unspecified atom stereocenters. The summed E-state index contributed by atoms with van der Waals surface area (Å²) in [6.07, 6.45) is 7.07. The predicted octanol–water partition coefficient (Wildman–Crippen LogP) is 6.08. The van der Waals surface area contributed by atoms with Crippen LogP contribution in [-0.4, -0.2) is 6.61 Å². The standard InChI is InChI=1S/C21H25ClO3/c1-5-16-11-21(23)25-19-13-20(18(22)12-17(16)19)24-10-9-15(4)8-6-7-14(2)3/h7,9,11-13H,5-6,8,10H2,1-4H3/b15-9-. The highest BCUT2D eigenvalue weighted by Gasteiger charge is 2.10. The normalized spacial score (nSPS) is 11.6. The number of fused-ring (bicyclic) bond motifs is 1. The molecule has 0 saturated carbocycles. The summed E-state index contributed by atoms with van der Waals surface area (Å²) in [4.78, 5) is 11.7. The second-order valence-electron chi connectivity index (χ2n) is 6.40. The highest BCUT2D eigenvalue weighted by atomic mass is 35.5. The molecule has 25 heavy (non-hydrogen) atoms. The summed E-state index contributed by atoms with van der Waals surface area (Å²) in [7, 11) is 0. The zero-order valence-electron chi connectivity index (χ0n) is 15.3. The zero-order chi connectivity index (χ0) is 18.4. The average Bonchev–Trinajstić information content (AvgIpc) is 2.54. The highest BCUT2D eigenvalue weighted by Crippen LogP contribution is 2.31. The fourth-order valence-corrected chi connectivity index (χ4v) is 2.81. The number of halogens is 1. The fraction of sp³-hybridized carbons (Fsp3) is 0.381. The van der Waals surface area contributed by atoms with E-state index >= 15 is 0 Å². The van der Waals surface area contributed by atoms with Gasteiger partial charge in [-0.3, -0.25) is 0 Å². The van der Waals surface area contributed by atoms with Gasteiger partial charge in [-0.1, -0.05) is 35.7 Å². The van der Waals surface area contributed by atoms with E-state index in [1.54, 1.807) is 12.1 Å². The van der Waals surface area contributed by atoms with Gasteiger partial charge in [0.25, 0.3) is 0 Å². The van der Waals surface area contributed by atoms with Gasteiger partial charge < -0.3 is 9.15 Å². The van der Waals surface area contributed by atoms with Gasteiger partial charge in [-0.2, -0.15) is 0 Å². The van der Waals surface area contributed by atoms with Gasteiger partial charge in [0.05, 0.1) is 5.02 Å². The molecule has 0 fully saturated rings. The highest BCUT2D eigenvalue weighted by molar-refractivity contribution is 6.32. The summed E-state index contributed by atoms with van der Waals surface area (Å²) in [6.45, 7) is 8.73. The molecule has 0 aliphatic carbocycles. The third-order valence-corrected chi connectivity index (χ3v) is 4.32. The third-order valence-electron chi connectivity index (χ3n) is 4.03. The van der Waals surface area contributed by atoms with E-state index in [-0.39, 0.29) is 5.63 Å². The first-order valence-corrected chi connectivity index (χ1v) is 8.96. The molecule has 0 aliphatic rings. The van der Waals surface area contributed by atoms with Crippen molar-refractivity contribution in [1.82, 2.24) is 0 Å². The van der Waals surface area contributed by atoms with E-state index in [1.807, 2.05) is 6.92 Å². The van der Waals surface area contributed by atoms with E-state index in [1.165, 1.54) is 17.2 Å². The minimum absolute atomic E-state index is 0.354. The maximum absolute atomic E-state index is 11.7. The topological polar surface area (TPSA) is 39.4 Å². The molecule has 1 heterocycles. The van der Waals surface area contributed by atoms with Gasteiger partial charge in [-0.05, 0) is 57.7 Å². The molecule has 0 atom stereocenters. The van der Waals surface area contributed by atoms with Crippen molar-refractivity contribution < 1.29 is 9.15 Å². The number of hydrogen-bond acceptors (Lipinski definition) is 3. The average molecular weight is 361 g/mol. The van der Waals surface area contributed by atoms with Crippen LogP contribution in [0.15, 0.2) is 50.7 Å². The molecule has 0 saturated heterocycles. The minimum atomic E-state index is -0.354. The van der Waals surface area contributed by atoms with Crippen molar-refractivity contribution >= 4 is 22.6 Å². The van der Waals surface area contributed by atoms with Crippen molar-refractivity contribution in [3.05, 3.63) is 62.5 Å². The van der Waals surface area contributed by atoms with Crippen molar-refractivity contribution in [1.29, 1.82) is 0 Å². The monoisotopic (exact) mass is 360 g/mol. The van der Waals surface area contributed by atoms with E-state index in [9.17, 15) is 4.79 Å². The van der Waals surface area contributed by atoms with Gasteiger partial charge in [-0.15, -0.1) is 0 Å². The summed E-state index contributed by atoms with van der Waals surface area (Å²) >= 11 is 6.33. The van der Waals surface area contributed by atoms with Gasteiger partial charge in [0, 0.05) is 17.5 Å². The van der Waals surface area contributed by atoms with E-state index in [2.05, 4.69) is 32.9 Å². The Morgan fingerprint density at radius 3 is 2.64 bits per heavy atom. The Balaban J connectivity index is 2.12. The largest absolute Gasteiger partial charge is 0.488 e. The smallest absolute Gasteiger partial charge is 0.336 e. The molecular formula is C21H25ClO3. The maximum Gasteiger partial charge on any atom is 0.336 e. The first kappa shape index (κ1) is 19.3. The van der Waals surface area contributed by atoms with Gasteiger partial charge in [0.2, 0.25) is 0 Å². The van der Waals surface area contributed by atoms with Crippen LogP contribution in [0.2, 0.25) is 5.02 Å². The molecule has 134 valence electrons. The maximum atomic E-state index is 11.7. The summed E-state index contributed by atoms with van der Waals surface area (Å²) in [6, 6.07) is 5.02. The van der Waals surface area contributed by atoms with E-state index in [0.29, 0.717) is 23.0 Å². The number of aryl methyl sites for hydroxylation is 1. The lowest BCUT2D eigenvalue weighted by atomic mass is 10.1. The SMILES string of the molecule is CCc1cc(=O)oc2cc(OC/C=C(/C)CCC=C(C)C)c(Cl)cc12. The number of benzene rings is 1. The third kappa shape index (κ3) is 5.50. The van der Waals surface area contributed by atoms with E-state index in [4.69, 9.17) is 20.8 Å². The van der Waals surface area contributed by atoms with Crippen molar-refractivity contribution in [3.8, 4) is 5.75 Å². The molecule has 1 aromatic heterocycles. The molecule has 0 radical (unpaired) electrons. The van der Waals surface area contributed by atoms with Crippen LogP contribution in [0, 0.1) is 0 Å². The molecule has 3 nitrogen and oxygen atoms in total. The molecule has 2 aromatic rings. The second-order valence-corrected chi connectivity index (χ2v) is 6.81. The molecule has 4 heteroatoms. The Kier molecular flexibility index (Phi) is 6.89. The Morgan fingerprint density at radius 1 is 1.20 bits per heavy atom. The quantitative estimate of drug-likeness (QED) is 0.443. The van der Waals surface area contributed by atoms with E-state index < -0.39 is 0 Å². The first-order chi connectivity index (χ1) is 11.9. The first-order valence-electron chi connectivity index (χ1n) is 8.58. The Morgan fingerprint density at radius 2 is 1.96 bits per heavy atom. The summed E-state index contributed by atoms with van der Waals surface area (Å²) < 4.78 is 11.1. The zero-order valence-corrected chi connectivity index (χ0v) is 16.1. The number of ether oxygens (including phenoxy) is 1. The Labute approximate surface area is 153 Å². The van der Waals surface area contributed by atoms with Gasteiger partial charge in [-0.25, -0.2) is 4.79 Å². The molecule has 1 aromatic carbocycles. The lowest BCUT2D eigenvalue weighted by Crippen LogP contribution is -2.01. The molecule has 0 amide bonds. The summed E-state index contributed by atoms with van der Waals surface area (Å²) in [5.41, 5.74) is 3.68.